The first-order chi connectivity index (χ1) is 9.97. The highest BCUT2D eigenvalue weighted by Crippen LogP contribution is 2.41. The summed E-state index contributed by atoms with van der Waals surface area (Å²) in [5, 5.41) is 4.55. The number of hydrogen-bond donors (Lipinski definition) is 1. The molecule has 0 radical (unpaired) electrons. The second-order valence-electron chi connectivity index (χ2n) is 4.54. The molecule has 7 heteroatoms. The van der Waals surface area contributed by atoms with Crippen molar-refractivity contribution in [3.05, 3.63) is 40.5 Å². The molecule has 108 valence electrons. The highest BCUT2D eigenvalue weighted by Gasteiger charge is 2.23. The molecule has 2 aromatic heterocycles. The molecule has 21 heavy (non-hydrogen) atoms. The molecule has 0 unspecified atom stereocenters. The minimum Gasteiger partial charge on any atom is -0.380 e. The molecule has 4 nitrogen and oxygen atoms in total. The zero-order valence-corrected chi connectivity index (χ0v) is 12.1. The Kier molecular flexibility index (Phi) is 3.21. The first-order valence-electron chi connectivity index (χ1n) is 6.12. The third-order valence-electron chi connectivity index (χ3n) is 3.03. The van der Waals surface area contributed by atoms with E-state index in [4.69, 9.17) is 10.3 Å². The third kappa shape index (κ3) is 2.29. The maximum absolute atomic E-state index is 14.0. The number of hydrogen-bond acceptors (Lipinski definition) is 5. The highest BCUT2D eigenvalue weighted by molar-refractivity contribution is 7.15. The van der Waals surface area contributed by atoms with Crippen molar-refractivity contribution in [3.63, 3.8) is 0 Å². The fourth-order valence-corrected chi connectivity index (χ4v) is 3.06. The van der Waals surface area contributed by atoms with Gasteiger partial charge in [-0.25, -0.2) is 13.8 Å². The summed E-state index contributed by atoms with van der Waals surface area (Å²) >= 11 is 1.40. The van der Waals surface area contributed by atoms with Crippen LogP contribution in [0.3, 0.4) is 0 Å². The Bertz CT molecular complexity index is 826. The summed E-state index contributed by atoms with van der Waals surface area (Å²) in [5.74, 6) is -0.968. The summed E-state index contributed by atoms with van der Waals surface area (Å²) in [6, 6.07) is 3.29. The van der Waals surface area contributed by atoms with Gasteiger partial charge in [-0.15, -0.1) is 11.3 Å². The average molecular weight is 307 g/mol. The van der Waals surface area contributed by atoms with Gasteiger partial charge in [-0.3, -0.25) is 0 Å². The molecule has 3 rings (SSSR count). The van der Waals surface area contributed by atoms with Gasteiger partial charge >= 0.3 is 0 Å². The number of rotatable bonds is 2. The van der Waals surface area contributed by atoms with Crippen molar-refractivity contribution >= 4 is 17.2 Å². The molecule has 1 aromatic carbocycles. The lowest BCUT2D eigenvalue weighted by Crippen LogP contribution is -1.92. The van der Waals surface area contributed by atoms with E-state index in [2.05, 4.69) is 10.1 Å². The summed E-state index contributed by atoms with van der Waals surface area (Å²) in [6.07, 6.45) is 0. The van der Waals surface area contributed by atoms with Gasteiger partial charge in [0.1, 0.15) is 11.6 Å². The predicted octanol–water partition coefficient (Wildman–Crippen LogP) is 3.94. The van der Waals surface area contributed by atoms with Gasteiger partial charge in [0.25, 0.3) is 0 Å². The Morgan fingerprint density at radius 3 is 2.62 bits per heavy atom. The number of nitrogen functional groups attached to an aromatic ring is 1. The summed E-state index contributed by atoms with van der Waals surface area (Å²) in [7, 11) is 0. The first kappa shape index (κ1) is 13.7. The van der Waals surface area contributed by atoms with Crippen LogP contribution in [0.25, 0.3) is 21.8 Å². The molecule has 0 atom stereocenters. The summed E-state index contributed by atoms with van der Waals surface area (Å²) < 4.78 is 32.3. The molecule has 0 aliphatic heterocycles. The number of nitrogens with two attached hydrogens (primary N) is 1. The van der Waals surface area contributed by atoms with E-state index in [1.54, 1.807) is 0 Å². The van der Waals surface area contributed by atoms with Crippen LogP contribution >= 0.6 is 11.3 Å². The van der Waals surface area contributed by atoms with E-state index in [1.807, 2.05) is 13.8 Å². The van der Waals surface area contributed by atoms with Crippen LogP contribution in [0.15, 0.2) is 22.7 Å². The van der Waals surface area contributed by atoms with Crippen LogP contribution < -0.4 is 5.73 Å². The largest absolute Gasteiger partial charge is 0.380 e. The van der Waals surface area contributed by atoms with Crippen LogP contribution in [0, 0.1) is 25.5 Å². The average Bonchev–Trinajstić information content (AvgIpc) is 2.93. The van der Waals surface area contributed by atoms with Gasteiger partial charge in [-0.2, -0.15) is 0 Å². The van der Waals surface area contributed by atoms with E-state index < -0.39 is 11.6 Å². The fraction of sp³-hybridized carbons (Fsp3) is 0.143. The van der Waals surface area contributed by atoms with E-state index >= 15 is 0 Å². The SMILES string of the molecule is Cc1nc(C)c(-c2onc(N)c2-c2ccc(F)cc2F)s1. The highest BCUT2D eigenvalue weighted by atomic mass is 32.1. The van der Waals surface area contributed by atoms with Crippen LogP contribution in [0.2, 0.25) is 0 Å². The van der Waals surface area contributed by atoms with E-state index in [0.717, 1.165) is 21.6 Å². The molecule has 0 bridgehead atoms. The van der Waals surface area contributed by atoms with Gasteiger partial charge in [0.2, 0.25) is 0 Å². The van der Waals surface area contributed by atoms with Crippen molar-refractivity contribution in [1.82, 2.24) is 10.1 Å². The van der Waals surface area contributed by atoms with Crippen molar-refractivity contribution in [2.45, 2.75) is 13.8 Å². The lowest BCUT2D eigenvalue weighted by molar-refractivity contribution is 0.436. The minimum absolute atomic E-state index is 0.0564. The molecule has 0 saturated carbocycles. The van der Waals surface area contributed by atoms with Crippen LogP contribution in [-0.4, -0.2) is 10.1 Å². The molecule has 0 spiro atoms. The number of thiazole rings is 1. The fourth-order valence-electron chi connectivity index (χ4n) is 2.15. The number of anilines is 1. The summed E-state index contributed by atoms with van der Waals surface area (Å²) in [5.41, 5.74) is 7.01. The van der Waals surface area contributed by atoms with Gasteiger partial charge in [-0.1, -0.05) is 5.16 Å². The molecule has 2 heterocycles. The smallest absolute Gasteiger partial charge is 0.188 e. The van der Waals surface area contributed by atoms with E-state index in [9.17, 15) is 8.78 Å². The van der Waals surface area contributed by atoms with Crippen molar-refractivity contribution < 1.29 is 13.3 Å². The Morgan fingerprint density at radius 2 is 2.00 bits per heavy atom. The zero-order chi connectivity index (χ0) is 15.1. The van der Waals surface area contributed by atoms with Crippen LogP contribution in [-0.2, 0) is 0 Å². The van der Waals surface area contributed by atoms with Gasteiger partial charge < -0.3 is 10.3 Å². The molecular weight excluding hydrogens is 296 g/mol. The van der Waals surface area contributed by atoms with Crippen LogP contribution in [0.1, 0.15) is 10.7 Å². The topological polar surface area (TPSA) is 64.9 Å². The number of nitrogens with zero attached hydrogens (tertiary/aromatic N) is 2. The Hall–Kier alpha value is -2.28. The Morgan fingerprint density at radius 1 is 1.24 bits per heavy atom. The Balaban J connectivity index is 2.24. The second kappa shape index (κ2) is 4.92. The molecule has 2 N–H and O–H groups in total. The molecule has 0 amide bonds. The predicted molar refractivity (Wildman–Crippen MR) is 76.8 cm³/mol. The van der Waals surface area contributed by atoms with Crippen molar-refractivity contribution in [2.24, 2.45) is 0 Å². The standard InChI is InChI=1S/C14H11F2N3OS/c1-6-13(21-7(2)18-6)12-11(14(17)19-20-12)9-4-3-8(15)5-10(9)16/h3-5H,1-2H3,(H2,17,19). The van der Waals surface area contributed by atoms with Crippen molar-refractivity contribution in [2.75, 3.05) is 5.73 Å². The normalized spacial score (nSPS) is 11.0. The van der Waals surface area contributed by atoms with Crippen molar-refractivity contribution in [3.8, 4) is 21.8 Å². The maximum atomic E-state index is 14.0. The molecule has 0 aliphatic carbocycles. The second-order valence-corrected chi connectivity index (χ2v) is 5.75. The Labute approximate surface area is 123 Å². The van der Waals surface area contributed by atoms with Crippen LogP contribution in [0.5, 0.6) is 0 Å². The number of benzene rings is 1. The van der Waals surface area contributed by atoms with E-state index in [0.29, 0.717) is 11.3 Å². The monoisotopic (exact) mass is 307 g/mol. The maximum Gasteiger partial charge on any atom is 0.188 e. The number of halogens is 2. The molecule has 0 fully saturated rings. The van der Waals surface area contributed by atoms with Gasteiger partial charge in [0, 0.05) is 11.6 Å². The van der Waals surface area contributed by atoms with E-state index in [-0.39, 0.29) is 11.4 Å². The quantitative estimate of drug-likeness (QED) is 0.778. The lowest BCUT2D eigenvalue weighted by atomic mass is 10.0. The first-order valence-corrected chi connectivity index (χ1v) is 6.94. The lowest BCUT2D eigenvalue weighted by Gasteiger charge is -2.03. The molecular formula is C14H11F2N3OS. The van der Waals surface area contributed by atoms with Crippen LogP contribution in [0.4, 0.5) is 14.6 Å². The van der Waals surface area contributed by atoms with Gasteiger partial charge in [0.15, 0.2) is 11.6 Å². The summed E-state index contributed by atoms with van der Waals surface area (Å²) in [6.45, 7) is 3.68. The number of aryl methyl sites for hydroxylation is 2. The minimum atomic E-state index is -0.718. The molecule has 0 aliphatic rings. The zero-order valence-electron chi connectivity index (χ0n) is 11.3. The molecule has 0 saturated heterocycles. The number of aromatic nitrogens is 2. The third-order valence-corrected chi connectivity index (χ3v) is 4.10. The summed E-state index contributed by atoms with van der Waals surface area (Å²) in [4.78, 5) is 5.04. The van der Waals surface area contributed by atoms with Gasteiger partial charge in [0.05, 0.1) is 21.1 Å². The van der Waals surface area contributed by atoms with E-state index in [1.165, 1.54) is 23.5 Å². The van der Waals surface area contributed by atoms with Crippen molar-refractivity contribution in [1.29, 1.82) is 0 Å². The molecule has 3 aromatic rings. The van der Waals surface area contributed by atoms with Gasteiger partial charge in [-0.05, 0) is 26.0 Å².